The predicted molar refractivity (Wildman–Crippen MR) is 89.1 cm³/mol. The largest absolute Gasteiger partial charge is 0.360 e. The van der Waals surface area contributed by atoms with Crippen molar-refractivity contribution in [2.75, 3.05) is 13.1 Å². The molecule has 0 saturated heterocycles. The highest BCUT2D eigenvalue weighted by molar-refractivity contribution is 5.93. The summed E-state index contributed by atoms with van der Waals surface area (Å²) in [4.78, 5) is 12.5. The molecule has 0 aliphatic heterocycles. The van der Waals surface area contributed by atoms with Crippen LogP contribution in [0.3, 0.4) is 0 Å². The Kier molecular flexibility index (Phi) is 7.07. The fraction of sp³-hybridized carbons (Fsp3) is 0.765. The van der Waals surface area contributed by atoms with Crippen LogP contribution in [0, 0.1) is 12.3 Å². The summed E-state index contributed by atoms with van der Waals surface area (Å²) in [5, 5.41) is 10.5. The van der Waals surface area contributed by atoms with Gasteiger partial charge in [-0.3, -0.25) is 4.79 Å². The van der Waals surface area contributed by atoms with Crippen LogP contribution in [0.1, 0.15) is 69.3 Å². The highest BCUT2D eigenvalue weighted by Crippen LogP contribution is 2.30. The van der Waals surface area contributed by atoms with Crippen LogP contribution in [0.15, 0.2) is 4.52 Å². The van der Waals surface area contributed by atoms with Crippen LogP contribution in [-0.2, 0) is 6.42 Å². The Morgan fingerprint density at radius 2 is 1.91 bits per heavy atom. The molecule has 0 fully saturated rings. The average Bonchev–Trinajstić information content (AvgIpc) is 2.89. The Labute approximate surface area is 134 Å². The number of carbonyl (C=O) groups is 1. The SMILES string of the molecule is CCNCC(CC)(CC)C(C)NC(=O)c1noc(CC)c1C. The molecule has 1 aromatic rings. The Morgan fingerprint density at radius 1 is 1.27 bits per heavy atom. The molecule has 1 rings (SSSR count). The number of nitrogens with one attached hydrogen (secondary N) is 2. The van der Waals surface area contributed by atoms with Gasteiger partial charge in [-0.2, -0.15) is 0 Å². The molecule has 22 heavy (non-hydrogen) atoms. The number of hydrogen-bond acceptors (Lipinski definition) is 4. The average molecular weight is 309 g/mol. The molecule has 126 valence electrons. The summed E-state index contributed by atoms with van der Waals surface area (Å²) in [6, 6.07) is 0.0650. The van der Waals surface area contributed by atoms with E-state index in [2.05, 4.69) is 43.5 Å². The van der Waals surface area contributed by atoms with Gasteiger partial charge >= 0.3 is 0 Å². The van der Waals surface area contributed by atoms with E-state index in [1.54, 1.807) is 0 Å². The van der Waals surface area contributed by atoms with Crippen molar-refractivity contribution in [2.45, 2.75) is 66.8 Å². The Balaban J connectivity index is 2.85. The lowest BCUT2D eigenvalue weighted by atomic mass is 9.76. The second-order valence-electron chi connectivity index (χ2n) is 5.98. The molecule has 1 atom stereocenters. The van der Waals surface area contributed by atoms with Gasteiger partial charge in [0.2, 0.25) is 0 Å². The van der Waals surface area contributed by atoms with E-state index in [-0.39, 0.29) is 17.4 Å². The zero-order valence-electron chi connectivity index (χ0n) is 14.9. The number of aromatic nitrogens is 1. The van der Waals surface area contributed by atoms with Crippen molar-refractivity contribution >= 4 is 5.91 Å². The summed E-state index contributed by atoms with van der Waals surface area (Å²) in [6.45, 7) is 14.3. The first-order chi connectivity index (χ1) is 10.5. The predicted octanol–water partition coefficient (Wildman–Crippen LogP) is 3.08. The molecule has 2 N–H and O–H groups in total. The van der Waals surface area contributed by atoms with Crippen molar-refractivity contribution in [1.29, 1.82) is 0 Å². The second kappa shape index (κ2) is 8.32. The molecule has 0 bridgehead atoms. The van der Waals surface area contributed by atoms with Crippen LogP contribution in [0.5, 0.6) is 0 Å². The van der Waals surface area contributed by atoms with E-state index in [4.69, 9.17) is 4.52 Å². The van der Waals surface area contributed by atoms with Crippen molar-refractivity contribution in [3.8, 4) is 0 Å². The van der Waals surface area contributed by atoms with Gasteiger partial charge in [-0.15, -0.1) is 0 Å². The summed E-state index contributed by atoms with van der Waals surface area (Å²) < 4.78 is 5.23. The molecule has 1 aromatic heterocycles. The van der Waals surface area contributed by atoms with E-state index in [0.717, 1.165) is 43.7 Å². The minimum atomic E-state index is -0.142. The van der Waals surface area contributed by atoms with Gasteiger partial charge in [0.05, 0.1) is 0 Å². The lowest BCUT2D eigenvalue weighted by molar-refractivity contribution is 0.0864. The quantitative estimate of drug-likeness (QED) is 0.735. The number of aryl methyl sites for hydroxylation is 1. The van der Waals surface area contributed by atoms with Gasteiger partial charge in [-0.1, -0.05) is 32.9 Å². The first-order valence-corrected chi connectivity index (χ1v) is 8.42. The van der Waals surface area contributed by atoms with Crippen LogP contribution < -0.4 is 10.6 Å². The van der Waals surface area contributed by atoms with Gasteiger partial charge in [0, 0.05) is 30.0 Å². The van der Waals surface area contributed by atoms with Gasteiger partial charge in [0.25, 0.3) is 5.91 Å². The van der Waals surface area contributed by atoms with Crippen molar-refractivity contribution in [3.63, 3.8) is 0 Å². The first-order valence-electron chi connectivity index (χ1n) is 8.42. The molecule has 0 aliphatic carbocycles. The molecule has 0 aromatic carbocycles. The maximum Gasteiger partial charge on any atom is 0.273 e. The summed E-state index contributed by atoms with van der Waals surface area (Å²) in [5.41, 5.74) is 1.31. The molecule has 0 spiro atoms. The van der Waals surface area contributed by atoms with Gasteiger partial charge < -0.3 is 15.2 Å². The fourth-order valence-electron chi connectivity index (χ4n) is 2.97. The fourth-order valence-corrected chi connectivity index (χ4v) is 2.97. The summed E-state index contributed by atoms with van der Waals surface area (Å²) >= 11 is 0. The summed E-state index contributed by atoms with van der Waals surface area (Å²) in [5.74, 6) is 0.638. The van der Waals surface area contributed by atoms with E-state index >= 15 is 0 Å². The molecule has 5 nitrogen and oxygen atoms in total. The zero-order valence-corrected chi connectivity index (χ0v) is 14.9. The Morgan fingerprint density at radius 3 is 2.36 bits per heavy atom. The standard InChI is InChI=1S/C17H31N3O2/c1-7-14-12(5)15(20-22-14)16(21)19-13(6)17(8-2,9-3)11-18-10-4/h13,18H,7-11H2,1-6H3,(H,19,21). The van der Waals surface area contributed by atoms with Crippen LogP contribution in [0.25, 0.3) is 0 Å². The molecular weight excluding hydrogens is 278 g/mol. The van der Waals surface area contributed by atoms with Crippen molar-refractivity contribution in [3.05, 3.63) is 17.0 Å². The monoisotopic (exact) mass is 309 g/mol. The number of hydrogen-bond donors (Lipinski definition) is 2. The van der Waals surface area contributed by atoms with Crippen molar-refractivity contribution < 1.29 is 9.32 Å². The lowest BCUT2D eigenvalue weighted by Crippen LogP contribution is -2.50. The normalized spacial score (nSPS) is 13.2. The van der Waals surface area contributed by atoms with Gasteiger partial charge in [0.15, 0.2) is 5.69 Å². The molecule has 5 heteroatoms. The minimum absolute atomic E-state index is 0.0525. The lowest BCUT2D eigenvalue weighted by Gasteiger charge is -2.38. The minimum Gasteiger partial charge on any atom is -0.360 e. The Hall–Kier alpha value is -1.36. The molecule has 1 amide bonds. The maximum atomic E-state index is 12.5. The third-order valence-electron chi connectivity index (χ3n) is 4.96. The zero-order chi connectivity index (χ0) is 16.8. The van der Waals surface area contributed by atoms with E-state index in [1.165, 1.54) is 0 Å². The summed E-state index contributed by atoms with van der Waals surface area (Å²) in [7, 11) is 0. The third-order valence-corrected chi connectivity index (χ3v) is 4.96. The first kappa shape index (κ1) is 18.7. The van der Waals surface area contributed by atoms with Gasteiger partial charge in [-0.05, 0) is 33.2 Å². The third kappa shape index (κ3) is 3.88. The van der Waals surface area contributed by atoms with Gasteiger partial charge in [0.1, 0.15) is 5.76 Å². The molecule has 1 heterocycles. The van der Waals surface area contributed by atoms with E-state index in [9.17, 15) is 4.79 Å². The topological polar surface area (TPSA) is 67.2 Å². The molecular formula is C17H31N3O2. The van der Waals surface area contributed by atoms with Gasteiger partial charge in [-0.25, -0.2) is 0 Å². The maximum absolute atomic E-state index is 12.5. The number of rotatable bonds is 9. The van der Waals surface area contributed by atoms with Crippen molar-refractivity contribution in [1.82, 2.24) is 15.8 Å². The number of amides is 1. The molecule has 1 unspecified atom stereocenters. The van der Waals surface area contributed by atoms with Crippen molar-refractivity contribution in [2.24, 2.45) is 5.41 Å². The van der Waals surface area contributed by atoms with E-state index in [1.807, 2.05) is 13.8 Å². The molecule has 0 radical (unpaired) electrons. The van der Waals surface area contributed by atoms with Crippen LogP contribution in [-0.4, -0.2) is 30.2 Å². The van der Waals surface area contributed by atoms with Crippen LogP contribution in [0.4, 0.5) is 0 Å². The Bertz CT molecular complexity index is 478. The highest BCUT2D eigenvalue weighted by atomic mass is 16.5. The van der Waals surface area contributed by atoms with E-state index in [0.29, 0.717) is 5.69 Å². The van der Waals surface area contributed by atoms with E-state index < -0.39 is 0 Å². The number of nitrogens with zero attached hydrogens (tertiary/aromatic N) is 1. The molecule has 0 saturated carbocycles. The summed E-state index contributed by atoms with van der Waals surface area (Å²) in [6.07, 6.45) is 2.77. The highest BCUT2D eigenvalue weighted by Gasteiger charge is 2.34. The second-order valence-corrected chi connectivity index (χ2v) is 5.98. The van der Waals surface area contributed by atoms with Crippen LogP contribution >= 0.6 is 0 Å². The molecule has 0 aliphatic rings. The smallest absolute Gasteiger partial charge is 0.273 e. The van der Waals surface area contributed by atoms with Crippen LogP contribution in [0.2, 0.25) is 0 Å². The number of carbonyl (C=O) groups excluding carboxylic acids is 1.